The monoisotopic (exact) mass is 288 g/mol. The molecule has 0 radical (unpaired) electrons. The zero-order valence-electron chi connectivity index (χ0n) is 12.7. The third-order valence-corrected chi connectivity index (χ3v) is 4.76. The Bertz CT molecular complexity index is 486. The molecule has 2 aliphatic rings. The fourth-order valence-corrected chi connectivity index (χ4v) is 3.59. The highest BCUT2D eigenvalue weighted by molar-refractivity contribution is 5.89. The van der Waals surface area contributed by atoms with E-state index in [1.165, 1.54) is 45.0 Å². The van der Waals surface area contributed by atoms with Gasteiger partial charge in [0.1, 0.15) is 0 Å². The summed E-state index contributed by atoms with van der Waals surface area (Å²) in [5.74, 6) is 0.539. The van der Waals surface area contributed by atoms with E-state index in [9.17, 15) is 4.79 Å². The van der Waals surface area contributed by atoms with E-state index in [0.717, 1.165) is 25.0 Å². The van der Waals surface area contributed by atoms with E-state index in [2.05, 4.69) is 10.2 Å². The fraction of sp³-hybridized carbons (Fsp3) is 0.588. The number of methoxy groups -OCH3 is 1. The predicted molar refractivity (Wildman–Crippen MR) is 82.2 cm³/mol. The van der Waals surface area contributed by atoms with Crippen LogP contribution in [0.2, 0.25) is 0 Å². The molecule has 1 N–H and O–H groups in total. The lowest BCUT2D eigenvalue weighted by Gasteiger charge is -2.41. The molecular weight excluding hydrogens is 264 g/mol. The molecular formula is C17H24N2O2. The van der Waals surface area contributed by atoms with E-state index in [-0.39, 0.29) is 5.97 Å². The zero-order valence-corrected chi connectivity index (χ0v) is 12.7. The molecule has 0 aromatic heterocycles. The summed E-state index contributed by atoms with van der Waals surface area (Å²) in [5, 5.41) is 3.65. The summed E-state index contributed by atoms with van der Waals surface area (Å²) in [6.45, 7) is 4.52. The van der Waals surface area contributed by atoms with Gasteiger partial charge in [0, 0.05) is 19.1 Å². The van der Waals surface area contributed by atoms with Crippen molar-refractivity contribution in [3.05, 3.63) is 35.4 Å². The van der Waals surface area contributed by atoms with Crippen LogP contribution < -0.4 is 5.32 Å². The molecule has 1 aromatic carbocycles. The van der Waals surface area contributed by atoms with Gasteiger partial charge in [-0.05, 0) is 56.0 Å². The van der Waals surface area contributed by atoms with Crippen LogP contribution in [0.4, 0.5) is 0 Å². The van der Waals surface area contributed by atoms with Crippen LogP contribution in [-0.4, -0.2) is 43.7 Å². The van der Waals surface area contributed by atoms with E-state index in [1.54, 1.807) is 0 Å². The van der Waals surface area contributed by atoms with Crippen molar-refractivity contribution in [2.75, 3.05) is 26.7 Å². The van der Waals surface area contributed by atoms with Crippen molar-refractivity contribution >= 4 is 5.97 Å². The van der Waals surface area contributed by atoms with Gasteiger partial charge >= 0.3 is 5.97 Å². The first-order valence-electron chi connectivity index (χ1n) is 7.89. The van der Waals surface area contributed by atoms with Crippen LogP contribution in [-0.2, 0) is 11.3 Å². The highest BCUT2D eigenvalue weighted by Crippen LogP contribution is 2.25. The van der Waals surface area contributed by atoms with Crippen LogP contribution in [0, 0.1) is 5.92 Å². The van der Waals surface area contributed by atoms with Crippen molar-refractivity contribution in [1.29, 1.82) is 0 Å². The number of hydrogen-bond acceptors (Lipinski definition) is 4. The molecule has 2 heterocycles. The van der Waals surface area contributed by atoms with E-state index >= 15 is 0 Å². The van der Waals surface area contributed by atoms with E-state index in [4.69, 9.17) is 4.74 Å². The summed E-state index contributed by atoms with van der Waals surface area (Å²) in [7, 11) is 1.42. The molecule has 4 nitrogen and oxygen atoms in total. The van der Waals surface area contributed by atoms with Crippen LogP contribution in [0.25, 0.3) is 0 Å². The van der Waals surface area contributed by atoms with E-state index < -0.39 is 0 Å². The molecule has 0 bridgehead atoms. The van der Waals surface area contributed by atoms with E-state index in [1.807, 2.05) is 24.3 Å². The van der Waals surface area contributed by atoms with Gasteiger partial charge < -0.3 is 10.1 Å². The van der Waals surface area contributed by atoms with Crippen LogP contribution in [0.5, 0.6) is 0 Å². The first-order chi connectivity index (χ1) is 10.3. The standard InChI is InChI=1S/C17H24N2O2/c1-21-17(20)14-6-4-13(5-7-14)11-19-10-8-16-15(12-19)3-2-9-18-16/h4-7,15-16,18H,2-3,8-12H2,1H3/t15-,16+/m0/s1. The van der Waals surface area contributed by atoms with Crippen molar-refractivity contribution in [2.45, 2.75) is 31.8 Å². The van der Waals surface area contributed by atoms with Gasteiger partial charge in [0.15, 0.2) is 0 Å². The minimum atomic E-state index is -0.268. The van der Waals surface area contributed by atoms with Crippen molar-refractivity contribution in [2.24, 2.45) is 5.92 Å². The zero-order chi connectivity index (χ0) is 14.7. The number of carbonyl (C=O) groups is 1. The normalized spacial score (nSPS) is 26.1. The second kappa shape index (κ2) is 6.58. The van der Waals surface area contributed by atoms with Crippen molar-refractivity contribution in [1.82, 2.24) is 10.2 Å². The van der Waals surface area contributed by atoms with Crippen LogP contribution >= 0.6 is 0 Å². The van der Waals surface area contributed by atoms with Crippen molar-refractivity contribution in [3.63, 3.8) is 0 Å². The van der Waals surface area contributed by atoms with E-state index in [0.29, 0.717) is 5.56 Å². The number of rotatable bonds is 3. The lowest BCUT2D eigenvalue weighted by molar-refractivity contribution is 0.0600. The predicted octanol–water partition coefficient (Wildman–Crippen LogP) is 2.05. The number of esters is 1. The summed E-state index contributed by atoms with van der Waals surface area (Å²) in [6, 6.07) is 8.53. The molecule has 0 saturated carbocycles. The topological polar surface area (TPSA) is 41.6 Å². The highest BCUT2D eigenvalue weighted by atomic mass is 16.5. The number of hydrogen-bond donors (Lipinski definition) is 1. The van der Waals surface area contributed by atoms with Gasteiger partial charge in [-0.15, -0.1) is 0 Å². The Balaban J connectivity index is 1.58. The number of piperidine rings is 2. The number of nitrogens with one attached hydrogen (secondary N) is 1. The number of likely N-dealkylation sites (tertiary alicyclic amines) is 1. The van der Waals surface area contributed by atoms with Gasteiger partial charge in [-0.25, -0.2) is 4.79 Å². The molecule has 0 unspecified atom stereocenters. The maximum atomic E-state index is 11.4. The molecule has 4 heteroatoms. The second-order valence-corrected chi connectivity index (χ2v) is 6.18. The highest BCUT2D eigenvalue weighted by Gasteiger charge is 2.30. The van der Waals surface area contributed by atoms with Crippen molar-refractivity contribution < 1.29 is 9.53 Å². The van der Waals surface area contributed by atoms with Gasteiger partial charge in [-0.2, -0.15) is 0 Å². The average Bonchev–Trinajstić information content (AvgIpc) is 2.55. The first kappa shape index (κ1) is 14.5. The summed E-state index contributed by atoms with van der Waals surface area (Å²) < 4.78 is 4.73. The molecule has 3 rings (SSSR count). The Morgan fingerprint density at radius 1 is 1.33 bits per heavy atom. The average molecular weight is 288 g/mol. The third kappa shape index (κ3) is 3.44. The Kier molecular flexibility index (Phi) is 4.56. The minimum absolute atomic E-state index is 0.268. The van der Waals surface area contributed by atoms with Gasteiger partial charge in [-0.1, -0.05) is 12.1 Å². The molecule has 114 valence electrons. The fourth-order valence-electron chi connectivity index (χ4n) is 3.59. The molecule has 2 saturated heterocycles. The molecule has 0 amide bonds. The van der Waals surface area contributed by atoms with Gasteiger partial charge in [0.25, 0.3) is 0 Å². The number of nitrogens with zero attached hydrogens (tertiary/aromatic N) is 1. The molecule has 1 aromatic rings. The third-order valence-electron chi connectivity index (χ3n) is 4.76. The molecule has 2 fully saturated rings. The van der Waals surface area contributed by atoms with Gasteiger partial charge in [-0.3, -0.25) is 4.90 Å². The summed E-state index contributed by atoms with van der Waals surface area (Å²) in [5.41, 5.74) is 1.89. The van der Waals surface area contributed by atoms with Gasteiger partial charge in [0.05, 0.1) is 12.7 Å². The van der Waals surface area contributed by atoms with Crippen LogP contribution in [0.15, 0.2) is 24.3 Å². The largest absolute Gasteiger partial charge is 0.465 e. The number of fused-ring (bicyclic) bond motifs is 1. The number of benzene rings is 1. The minimum Gasteiger partial charge on any atom is -0.465 e. The molecule has 21 heavy (non-hydrogen) atoms. The second-order valence-electron chi connectivity index (χ2n) is 6.18. The molecule has 2 aliphatic heterocycles. The quantitative estimate of drug-likeness (QED) is 0.864. The van der Waals surface area contributed by atoms with Crippen molar-refractivity contribution in [3.8, 4) is 0 Å². The summed E-state index contributed by atoms with van der Waals surface area (Å²) in [6.07, 6.45) is 3.92. The molecule has 0 spiro atoms. The SMILES string of the molecule is COC(=O)c1ccc(CN2CC[C@H]3NCCC[C@H]3C2)cc1. The molecule has 0 aliphatic carbocycles. The Labute approximate surface area is 126 Å². The number of carbonyl (C=O) groups excluding carboxylic acids is 1. The lowest BCUT2D eigenvalue weighted by Crippen LogP contribution is -2.51. The Morgan fingerprint density at radius 3 is 2.90 bits per heavy atom. The first-order valence-corrected chi connectivity index (χ1v) is 7.89. The summed E-state index contributed by atoms with van der Waals surface area (Å²) >= 11 is 0. The smallest absolute Gasteiger partial charge is 0.337 e. The summed E-state index contributed by atoms with van der Waals surface area (Å²) in [4.78, 5) is 14.0. The lowest BCUT2D eigenvalue weighted by atomic mass is 9.85. The van der Waals surface area contributed by atoms with Crippen LogP contribution in [0.1, 0.15) is 35.2 Å². The van der Waals surface area contributed by atoms with Gasteiger partial charge in [0.2, 0.25) is 0 Å². The Hall–Kier alpha value is -1.39. The molecule has 2 atom stereocenters. The maximum absolute atomic E-state index is 11.4. The Morgan fingerprint density at radius 2 is 2.14 bits per heavy atom. The number of ether oxygens (including phenoxy) is 1. The van der Waals surface area contributed by atoms with Crippen LogP contribution in [0.3, 0.4) is 0 Å². The maximum Gasteiger partial charge on any atom is 0.337 e.